The van der Waals surface area contributed by atoms with Crippen molar-refractivity contribution in [3.05, 3.63) is 107 Å². The Labute approximate surface area is 184 Å². The van der Waals surface area contributed by atoms with Gasteiger partial charge in [0.1, 0.15) is 0 Å². The highest BCUT2D eigenvalue weighted by molar-refractivity contribution is 6.06. The van der Waals surface area contributed by atoms with E-state index in [1.807, 2.05) is 36.4 Å². The Bertz CT molecular complexity index is 1480. The number of pyridine rings is 1. The summed E-state index contributed by atoms with van der Waals surface area (Å²) in [5.74, 6) is -0.405. The van der Waals surface area contributed by atoms with Gasteiger partial charge in [-0.25, -0.2) is 4.79 Å². The lowest BCUT2D eigenvalue weighted by atomic mass is 9.96. The van der Waals surface area contributed by atoms with Crippen molar-refractivity contribution in [3.8, 4) is 33.5 Å². The van der Waals surface area contributed by atoms with Crippen LogP contribution in [0, 0.1) is 0 Å². The molecule has 32 heavy (non-hydrogen) atoms. The molecule has 0 aliphatic heterocycles. The summed E-state index contributed by atoms with van der Waals surface area (Å²) in [6.45, 7) is 0. The maximum Gasteiger partial charge on any atom is 0.337 e. The minimum Gasteiger partial charge on any atom is -0.465 e. The van der Waals surface area contributed by atoms with E-state index in [4.69, 9.17) is 4.74 Å². The van der Waals surface area contributed by atoms with Gasteiger partial charge in [0.05, 0.1) is 23.9 Å². The lowest BCUT2D eigenvalue weighted by molar-refractivity contribution is 0.0601. The molecule has 0 atom stereocenters. The normalized spacial score (nSPS) is 10.9. The quantitative estimate of drug-likeness (QED) is 0.369. The monoisotopic (exact) mass is 420 g/mol. The molecule has 0 aliphatic rings. The molecule has 5 heteroatoms. The number of benzene rings is 3. The van der Waals surface area contributed by atoms with Gasteiger partial charge in [-0.05, 0) is 47.0 Å². The molecule has 0 radical (unpaired) electrons. The summed E-state index contributed by atoms with van der Waals surface area (Å²) in [4.78, 5) is 30.9. The topological polar surface area (TPSA) is 75.0 Å². The molecule has 5 nitrogen and oxygen atoms in total. The van der Waals surface area contributed by atoms with E-state index in [1.165, 1.54) is 7.11 Å². The fourth-order valence-electron chi connectivity index (χ4n) is 4.02. The van der Waals surface area contributed by atoms with Crippen molar-refractivity contribution in [2.24, 2.45) is 0 Å². The third-order valence-electron chi connectivity index (χ3n) is 5.59. The van der Waals surface area contributed by atoms with Gasteiger partial charge in [-0.2, -0.15) is 0 Å². The number of fused-ring (bicyclic) bond motifs is 1. The Hall–Kier alpha value is -4.38. The number of carbonyl (C=O) groups is 1. The summed E-state index contributed by atoms with van der Waals surface area (Å²) in [5.41, 5.74) is 6.37. The maximum atomic E-state index is 12.6. The fraction of sp³-hybridized carbons (Fsp3) is 0.0370. The second-order valence-electron chi connectivity index (χ2n) is 7.48. The molecule has 0 unspecified atom stereocenters. The van der Waals surface area contributed by atoms with Crippen LogP contribution >= 0.6 is 0 Å². The first kappa shape index (κ1) is 19.6. The summed E-state index contributed by atoms with van der Waals surface area (Å²) in [5, 5.41) is 0.846. The van der Waals surface area contributed by atoms with Gasteiger partial charge >= 0.3 is 5.97 Å². The minimum absolute atomic E-state index is 0.186. The molecule has 0 spiro atoms. The SMILES string of the molecule is COC(=O)c1ccc2[nH]c(-c3ccc[nH]c3=O)c(-c3ccc(-c4ccccc4)cc3)c2c1. The number of carbonyl (C=O) groups excluding carboxylic acids is 1. The first-order chi connectivity index (χ1) is 15.7. The Balaban J connectivity index is 1.74. The first-order valence-corrected chi connectivity index (χ1v) is 10.2. The maximum absolute atomic E-state index is 12.6. The van der Waals surface area contributed by atoms with Gasteiger partial charge in [-0.1, -0.05) is 54.6 Å². The molecule has 0 saturated heterocycles. The molecule has 2 N–H and O–H groups in total. The average molecular weight is 420 g/mol. The number of ether oxygens (including phenoxy) is 1. The highest BCUT2D eigenvalue weighted by Gasteiger charge is 2.19. The molecule has 0 aliphatic carbocycles. The van der Waals surface area contributed by atoms with Crippen molar-refractivity contribution in [2.45, 2.75) is 0 Å². The summed E-state index contributed by atoms with van der Waals surface area (Å²) in [6, 6.07) is 27.3. The van der Waals surface area contributed by atoms with Gasteiger partial charge in [-0.15, -0.1) is 0 Å². The van der Waals surface area contributed by atoms with Crippen molar-refractivity contribution in [1.82, 2.24) is 9.97 Å². The van der Waals surface area contributed by atoms with E-state index in [2.05, 4.69) is 34.2 Å². The minimum atomic E-state index is -0.405. The smallest absolute Gasteiger partial charge is 0.337 e. The van der Waals surface area contributed by atoms with Crippen LogP contribution < -0.4 is 5.56 Å². The van der Waals surface area contributed by atoms with E-state index < -0.39 is 5.97 Å². The van der Waals surface area contributed by atoms with Crippen molar-refractivity contribution in [3.63, 3.8) is 0 Å². The Morgan fingerprint density at radius 1 is 0.812 bits per heavy atom. The second-order valence-corrected chi connectivity index (χ2v) is 7.48. The van der Waals surface area contributed by atoms with Crippen LogP contribution in [0.4, 0.5) is 0 Å². The number of rotatable bonds is 4. The number of hydrogen-bond donors (Lipinski definition) is 2. The molecule has 2 aromatic heterocycles. The number of hydrogen-bond acceptors (Lipinski definition) is 3. The molecular formula is C27H20N2O3. The lowest BCUT2D eigenvalue weighted by Crippen LogP contribution is -2.07. The van der Waals surface area contributed by atoms with Crippen LogP contribution in [0.5, 0.6) is 0 Å². The molecule has 0 bridgehead atoms. The summed E-state index contributed by atoms with van der Waals surface area (Å²) in [6.07, 6.45) is 1.61. The highest BCUT2D eigenvalue weighted by Crippen LogP contribution is 2.38. The number of nitrogens with one attached hydrogen (secondary N) is 2. The molecule has 5 aromatic rings. The van der Waals surface area contributed by atoms with Gasteiger partial charge in [0.2, 0.25) is 0 Å². The predicted octanol–water partition coefficient (Wildman–Crippen LogP) is 5.64. The largest absolute Gasteiger partial charge is 0.465 e. The standard InChI is InChI=1S/C27H20N2O3/c1-32-27(31)20-13-14-23-22(16-20)24(25(29-23)21-8-5-15-28-26(21)30)19-11-9-18(10-12-19)17-6-3-2-4-7-17/h2-16,29H,1H3,(H,28,30). The fourth-order valence-corrected chi connectivity index (χ4v) is 4.02. The molecule has 0 amide bonds. The van der Waals surface area contributed by atoms with Crippen molar-refractivity contribution < 1.29 is 9.53 Å². The molecule has 5 rings (SSSR count). The zero-order valence-electron chi connectivity index (χ0n) is 17.4. The van der Waals surface area contributed by atoms with Crippen LogP contribution in [0.1, 0.15) is 10.4 Å². The summed E-state index contributed by atoms with van der Waals surface area (Å²) in [7, 11) is 1.36. The van der Waals surface area contributed by atoms with E-state index in [1.54, 1.807) is 30.5 Å². The number of H-pyrrole nitrogens is 2. The van der Waals surface area contributed by atoms with E-state index in [-0.39, 0.29) is 5.56 Å². The summed E-state index contributed by atoms with van der Waals surface area (Å²) >= 11 is 0. The molecule has 0 saturated carbocycles. The first-order valence-electron chi connectivity index (χ1n) is 10.2. The number of aromatic amines is 2. The average Bonchev–Trinajstić information content (AvgIpc) is 3.23. The third-order valence-corrected chi connectivity index (χ3v) is 5.59. The number of esters is 1. The third kappa shape index (κ3) is 3.40. The van der Waals surface area contributed by atoms with Gasteiger partial charge in [0.25, 0.3) is 5.56 Å². The van der Waals surface area contributed by atoms with Crippen molar-refractivity contribution in [2.75, 3.05) is 7.11 Å². The van der Waals surface area contributed by atoms with E-state index in [0.29, 0.717) is 16.8 Å². The molecule has 0 fully saturated rings. The lowest BCUT2D eigenvalue weighted by Gasteiger charge is -2.08. The molecule has 3 aromatic carbocycles. The number of methoxy groups -OCH3 is 1. The van der Waals surface area contributed by atoms with Gasteiger partial charge < -0.3 is 14.7 Å². The van der Waals surface area contributed by atoms with Crippen molar-refractivity contribution in [1.29, 1.82) is 0 Å². The Morgan fingerprint density at radius 2 is 1.53 bits per heavy atom. The van der Waals surface area contributed by atoms with Gasteiger partial charge in [-0.3, -0.25) is 4.79 Å². The van der Waals surface area contributed by atoms with E-state index in [9.17, 15) is 9.59 Å². The van der Waals surface area contributed by atoms with E-state index >= 15 is 0 Å². The van der Waals surface area contributed by atoms with Crippen molar-refractivity contribution >= 4 is 16.9 Å². The van der Waals surface area contributed by atoms with E-state index in [0.717, 1.165) is 33.2 Å². The number of aromatic nitrogens is 2. The van der Waals surface area contributed by atoms with Crippen LogP contribution in [0.3, 0.4) is 0 Å². The summed E-state index contributed by atoms with van der Waals surface area (Å²) < 4.78 is 4.90. The van der Waals surface area contributed by atoms with Gasteiger partial charge in [0.15, 0.2) is 0 Å². The van der Waals surface area contributed by atoms with Crippen LogP contribution in [0.25, 0.3) is 44.4 Å². The molecular weight excluding hydrogens is 400 g/mol. The molecule has 156 valence electrons. The predicted molar refractivity (Wildman–Crippen MR) is 127 cm³/mol. The zero-order chi connectivity index (χ0) is 22.1. The highest BCUT2D eigenvalue weighted by atomic mass is 16.5. The second kappa shape index (κ2) is 8.04. The van der Waals surface area contributed by atoms with Crippen LogP contribution in [0.15, 0.2) is 95.9 Å². The van der Waals surface area contributed by atoms with Gasteiger partial charge in [0, 0.05) is 22.7 Å². The van der Waals surface area contributed by atoms with Crippen LogP contribution in [-0.4, -0.2) is 23.0 Å². The van der Waals surface area contributed by atoms with Crippen LogP contribution in [0.2, 0.25) is 0 Å². The Kier molecular flexibility index (Phi) is 4.92. The molecule has 2 heterocycles. The van der Waals surface area contributed by atoms with Crippen LogP contribution in [-0.2, 0) is 4.74 Å². The zero-order valence-corrected chi connectivity index (χ0v) is 17.4. The Morgan fingerprint density at radius 3 is 2.25 bits per heavy atom.